The average molecular weight is 479 g/mol. The molecule has 0 radical (unpaired) electrons. The van der Waals surface area contributed by atoms with Gasteiger partial charge in [0.15, 0.2) is 0 Å². The summed E-state index contributed by atoms with van der Waals surface area (Å²) in [5, 5.41) is 16.0. The number of fused-ring (bicyclic) bond motifs is 1. The number of aryl methyl sites for hydroxylation is 1. The van der Waals surface area contributed by atoms with Gasteiger partial charge in [0.25, 0.3) is 5.69 Å². The second-order valence-electron chi connectivity index (χ2n) is 7.99. The van der Waals surface area contributed by atoms with Crippen LogP contribution in [0.1, 0.15) is 0 Å². The monoisotopic (exact) mass is 478 g/mol. The zero-order valence-electron chi connectivity index (χ0n) is 19.5. The molecule has 10 heteroatoms. The van der Waals surface area contributed by atoms with E-state index < -0.39 is 0 Å². The first-order valence-corrected chi connectivity index (χ1v) is 11.6. The fourth-order valence-corrected chi connectivity index (χ4v) is 4.80. The van der Waals surface area contributed by atoms with Gasteiger partial charge in [0.2, 0.25) is 5.95 Å². The number of nitrogens with one attached hydrogen (secondary N) is 1. The van der Waals surface area contributed by atoms with Crippen molar-refractivity contribution < 1.29 is 9.66 Å². The smallest absolute Gasteiger partial charge is 0.285 e. The quantitative estimate of drug-likeness (QED) is 0.205. The highest BCUT2D eigenvalue weighted by atomic mass is 32.2. The van der Waals surface area contributed by atoms with E-state index >= 15 is 0 Å². The molecule has 0 fully saturated rings. The van der Waals surface area contributed by atoms with E-state index in [4.69, 9.17) is 4.74 Å². The molecule has 0 aliphatic rings. The Morgan fingerprint density at radius 2 is 2.03 bits per heavy atom. The lowest BCUT2D eigenvalue weighted by molar-refractivity contribution is -0.387. The summed E-state index contributed by atoms with van der Waals surface area (Å²) < 4.78 is 7.58. The molecule has 0 unspecified atom stereocenters. The predicted octanol–water partition coefficient (Wildman–Crippen LogP) is 4.95. The van der Waals surface area contributed by atoms with Crippen LogP contribution in [-0.4, -0.2) is 57.9 Å². The molecule has 4 aromatic rings. The number of ether oxygens (including phenoxy) is 1. The maximum atomic E-state index is 11.8. The molecule has 0 spiro atoms. The summed E-state index contributed by atoms with van der Waals surface area (Å²) in [7, 11) is 7.46. The first kappa shape index (κ1) is 23.5. The summed E-state index contributed by atoms with van der Waals surface area (Å²) in [6.07, 6.45) is 3.70. The Labute approximate surface area is 201 Å². The number of benzene rings is 2. The molecule has 0 aliphatic carbocycles. The van der Waals surface area contributed by atoms with E-state index in [1.165, 1.54) is 24.9 Å². The second kappa shape index (κ2) is 10.1. The Morgan fingerprint density at radius 1 is 1.24 bits per heavy atom. The number of rotatable bonds is 9. The van der Waals surface area contributed by atoms with Crippen molar-refractivity contribution in [2.45, 2.75) is 4.90 Å². The number of hydrogen-bond donors (Lipinski definition) is 1. The molecular formula is C24H26N6O3S. The third-order valence-corrected chi connectivity index (χ3v) is 6.37. The van der Waals surface area contributed by atoms with Crippen LogP contribution in [0.4, 0.5) is 17.3 Å². The normalized spacial score (nSPS) is 11.2. The summed E-state index contributed by atoms with van der Waals surface area (Å²) >= 11 is 1.43. The van der Waals surface area contributed by atoms with Gasteiger partial charge in [-0.05, 0) is 26.2 Å². The summed E-state index contributed by atoms with van der Waals surface area (Å²) in [6.45, 7) is 0.805. The first-order chi connectivity index (χ1) is 16.4. The molecule has 2 heterocycles. The predicted molar refractivity (Wildman–Crippen MR) is 136 cm³/mol. The highest BCUT2D eigenvalue weighted by molar-refractivity contribution is 7.99. The minimum atomic E-state index is -0.379. The van der Waals surface area contributed by atoms with Crippen LogP contribution in [0.25, 0.3) is 22.2 Å². The lowest BCUT2D eigenvalue weighted by Crippen LogP contribution is -2.14. The Balaban J connectivity index is 1.67. The van der Waals surface area contributed by atoms with Gasteiger partial charge in [0.1, 0.15) is 5.75 Å². The zero-order chi connectivity index (χ0) is 24.2. The number of thioether (sulfide) groups is 1. The average Bonchev–Trinajstić information content (AvgIpc) is 3.16. The van der Waals surface area contributed by atoms with Gasteiger partial charge in [-0.25, -0.2) is 9.97 Å². The molecule has 176 valence electrons. The number of nitro benzene ring substituents is 1. The van der Waals surface area contributed by atoms with Gasteiger partial charge in [-0.3, -0.25) is 10.1 Å². The molecule has 9 nitrogen and oxygen atoms in total. The third kappa shape index (κ3) is 4.97. The molecule has 0 amide bonds. The van der Waals surface area contributed by atoms with Crippen molar-refractivity contribution in [2.24, 2.45) is 7.05 Å². The Kier molecular flexibility index (Phi) is 6.99. The van der Waals surface area contributed by atoms with Crippen LogP contribution in [0.2, 0.25) is 0 Å². The summed E-state index contributed by atoms with van der Waals surface area (Å²) in [4.78, 5) is 23.0. The summed E-state index contributed by atoms with van der Waals surface area (Å²) in [6, 6.07) is 13.1. The number of aromatic nitrogens is 3. The fourth-order valence-electron chi connectivity index (χ4n) is 3.65. The van der Waals surface area contributed by atoms with E-state index in [0.717, 1.165) is 34.5 Å². The van der Waals surface area contributed by atoms with Crippen molar-refractivity contribution in [1.29, 1.82) is 0 Å². The van der Waals surface area contributed by atoms with Crippen LogP contribution in [0.5, 0.6) is 5.75 Å². The van der Waals surface area contributed by atoms with Gasteiger partial charge >= 0.3 is 0 Å². The second-order valence-corrected chi connectivity index (χ2v) is 9.13. The number of para-hydroxylation sites is 1. The largest absolute Gasteiger partial charge is 0.495 e. The molecule has 2 aromatic heterocycles. The van der Waals surface area contributed by atoms with Gasteiger partial charge in [0.05, 0.1) is 28.3 Å². The number of anilines is 2. The Bertz CT molecular complexity index is 1340. The number of nitro groups is 1. The van der Waals surface area contributed by atoms with Gasteiger partial charge in [0, 0.05) is 60.3 Å². The lowest BCUT2D eigenvalue weighted by atomic mass is 10.1. The van der Waals surface area contributed by atoms with E-state index in [2.05, 4.69) is 32.0 Å². The molecule has 4 rings (SSSR count). The number of methoxy groups -OCH3 is 1. The molecular weight excluding hydrogens is 452 g/mol. The van der Waals surface area contributed by atoms with Crippen LogP contribution >= 0.6 is 11.8 Å². The Hall–Kier alpha value is -3.63. The van der Waals surface area contributed by atoms with Crippen LogP contribution in [0, 0.1) is 10.1 Å². The Morgan fingerprint density at radius 3 is 2.76 bits per heavy atom. The zero-order valence-corrected chi connectivity index (χ0v) is 20.3. The third-order valence-electron chi connectivity index (χ3n) is 5.35. The standard InChI is InChI=1S/C24H26N6O3S/c1-28(2)11-12-34-23-14-22(33-4)19(13-21(23)30(31)32)27-24-25-10-9-18(26-24)17-15-29(3)20-8-6-5-7-16(17)20/h5-10,13-15H,11-12H2,1-4H3,(H,25,26,27). The van der Waals surface area contributed by atoms with Crippen molar-refractivity contribution in [3.63, 3.8) is 0 Å². The van der Waals surface area contributed by atoms with E-state index in [9.17, 15) is 10.1 Å². The van der Waals surface area contributed by atoms with Crippen molar-refractivity contribution in [3.05, 3.63) is 65.0 Å². The van der Waals surface area contributed by atoms with Gasteiger partial charge in [-0.15, -0.1) is 11.8 Å². The summed E-state index contributed by atoms with van der Waals surface area (Å²) in [5.41, 5.74) is 3.27. The SMILES string of the molecule is COc1cc(SCCN(C)C)c([N+](=O)[O-])cc1Nc1nccc(-c2cn(C)c3ccccc23)n1. The molecule has 0 bridgehead atoms. The molecule has 34 heavy (non-hydrogen) atoms. The van der Waals surface area contributed by atoms with Crippen LogP contribution < -0.4 is 10.1 Å². The molecule has 0 saturated carbocycles. The van der Waals surface area contributed by atoms with E-state index in [1.807, 2.05) is 50.4 Å². The minimum Gasteiger partial charge on any atom is -0.495 e. The van der Waals surface area contributed by atoms with Crippen molar-refractivity contribution >= 4 is 40.0 Å². The molecule has 0 aliphatic heterocycles. The van der Waals surface area contributed by atoms with Crippen LogP contribution in [-0.2, 0) is 7.05 Å². The number of nitrogens with zero attached hydrogens (tertiary/aromatic N) is 5. The van der Waals surface area contributed by atoms with E-state index in [-0.39, 0.29) is 10.6 Å². The highest BCUT2D eigenvalue weighted by Gasteiger charge is 2.20. The molecule has 0 saturated heterocycles. The molecule has 0 atom stereocenters. The van der Waals surface area contributed by atoms with Crippen LogP contribution in [0.3, 0.4) is 0 Å². The maximum absolute atomic E-state index is 11.8. The summed E-state index contributed by atoms with van der Waals surface area (Å²) in [5.74, 6) is 1.53. The number of hydrogen-bond acceptors (Lipinski definition) is 8. The van der Waals surface area contributed by atoms with E-state index in [1.54, 1.807) is 12.3 Å². The van der Waals surface area contributed by atoms with Gasteiger partial charge < -0.3 is 19.5 Å². The van der Waals surface area contributed by atoms with Gasteiger partial charge in [-0.1, -0.05) is 18.2 Å². The fraction of sp³-hybridized carbons (Fsp3) is 0.250. The van der Waals surface area contributed by atoms with Crippen molar-refractivity contribution in [1.82, 2.24) is 19.4 Å². The van der Waals surface area contributed by atoms with E-state index in [0.29, 0.717) is 22.3 Å². The van der Waals surface area contributed by atoms with Crippen molar-refractivity contribution in [3.8, 4) is 17.0 Å². The topological polar surface area (TPSA) is 98.4 Å². The van der Waals surface area contributed by atoms with Gasteiger partial charge in [-0.2, -0.15) is 0 Å². The minimum absolute atomic E-state index is 0.0114. The highest BCUT2D eigenvalue weighted by Crippen LogP contribution is 2.39. The first-order valence-electron chi connectivity index (χ1n) is 10.7. The van der Waals surface area contributed by atoms with Crippen molar-refractivity contribution in [2.75, 3.05) is 38.8 Å². The molecule has 2 aromatic carbocycles. The van der Waals surface area contributed by atoms with Crippen LogP contribution in [0.15, 0.2) is 59.8 Å². The lowest BCUT2D eigenvalue weighted by Gasteiger charge is -2.13. The maximum Gasteiger partial charge on any atom is 0.285 e. The molecule has 1 N–H and O–H groups in total.